The highest BCUT2D eigenvalue weighted by Crippen LogP contribution is 2.19. The van der Waals surface area contributed by atoms with Crippen LogP contribution in [0.15, 0.2) is 42.9 Å². The van der Waals surface area contributed by atoms with Crippen molar-refractivity contribution in [2.45, 2.75) is 32.3 Å². The zero-order chi connectivity index (χ0) is 17.6. The minimum atomic E-state index is -0.0378. The minimum Gasteiger partial charge on any atom is -0.484 e. The van der Waals surface area contributed by atoms with Crippen LogP contribution in [0, 0.1) is 0 Å². The fraction of sp³-hybridized carbons (Fsp3) is 0.421. The first-order chi connectivity index (χ1) is 12.1. The maximum Gasteiger partial charge on any atom is 0.260 e. The lowest BCUT2D eigenvalue weighted by molar-refractivity contribution is -0.132. The van der Waals surface area contributed by atoms with Crippen molar-refractivity contribution in [3.05, 3.63) is 48.4 Å². The molecule has 0 saturated carbocycles. The van der Waals surface area contributed by atoms with Gasteiger partial charge in [0.1, 0.15) is 18.2 Å². The SMILES string of the molecule is CC(C)c1ccc(OCC(=O)N2CC[C@H](Oc3ccncn3)C2)cc1. The lowest BCUT2D eigenvalue weighted by atomic mass is 10.0. The summed E-state index contributed by atoms with van der Waals surface area (Å²) in [6.45, 7) is 5.56. The van der Waals surface area contributed by atoms with E-state index in [9.17, 15) is 4.79 Å². The van der Waals surface area contributed by atoms with Crippen molar-refractivity contribution < 1.29 is 14.3 Å². The molecule has 132 valence electrons. The Morgan fingerprint density at radius 1 is 1.28 bits per heavy atom. The molecule has 0 unspecified atom stereocenters. The highest BCUT2D eigenvalue weighted by Gasteiger charge is 2.28. The second-order valence-electron chi connectivity index (χ2n) is 6.43. The zero-order valence-electron chi connectivity index (χ0n) is 14.6. The average molecular weight is 341 g/mol. The number of carbonyl (C=O) groups is 1. The number of likely N-dealkylation sites (tertiary alicyclic amines) is 1. The second kappa shape index (κ2) is 7.96. The molecule has 0 radical (unpaired) electrons. The van der Waals surface area contributed by atoms with Crippen LogP contribution in [-0.4, -0.2) is 46.6 Å². The van der Waals surface area contributed by atoms with Gasteiger partial charge in [-0.3, -0.25) is 4.79 Å². The third-order valence-corrected chi connectivity index (χ3v) is 4.25. The van der Waals surface area contributed by atoms with Crippen LogP contribution in [0.2, 0.25) is 0 Å². The molecule has 1 amide bonds. The molecule has 0 N–H and O–H groups in total. The van der Waals surface area contributed by atoms with Crippen molar-refractivity contribution in [2.75, 3.05) is 19.7 Å². The minimum absolute atomic E-state index is 0.0262. The Bertz CT molecular complexity index is 689. The molecule has 1 fully saturated rings. The molecule has 6 nitrogen and oxygen atoms in total. The molecule has 1 aromatic heterocycles. The van der Waals surface area contributed by atoms with E-state index in [0.29, 0.717) is 30.6 Å². The van der Waals surface area contributed by atoms with Crippen LogP contribution in [0.5, 0.6) is 11.6 Å². The third-order valence-electron chi connectivity index (χ3n) is 4.25. The third kappa shape index (κ3) is 4.68. The summed E-state index contributed by atoms with van der Waals surface area (Å²) >= 11 is 0. The van der Waals surface area contributed by atoms with E-state index in [2.05, 4.69) is 23.8 Å². The van der Waals surface area contributed by atoms with Crippen molar-refractivity contribution >= 4 is 5.91 Å². The number of ether oxygens (including phenoxy) is 2. The number of carbonyl (C=O) groups excluding carboxylic acids is 1. The summed E-state index contributed by atoms with van der Waals surface area (Å²) < 4.78 is 11.4. The van der Waals surface area contributed by atoms with Gasteiger partial charge in [0.05, 0.1) is 6.54 Å². The Labute approximate surface area is 147 Å². The summed E-state index contributed by atoms with van der Waals surface area (Å²) in [4.78, 5) is 22.0. The molecule has 1 saturated heterocycles. The number of amides is 1. The fourth-order valence-corrected chi connectivity index (χ4v) is 2.76. The normalized spacial score (nSPS) is 16.9. The van der Waals surface area contributed by atoms with Crippen LogP contribution in [0.25, 0.3) is 0 Å². The number of rotatable bonds is 6. The molecular formula is C19H23N3O3. The molecule has 1 aromatic carbocycles. The Morgan fingerprint density at radius 3 is 2.76 bits per heavy atom. The molecule has 3 rings (SSSR count). The van der Waals surface area contributed by atoms with E-state index < -0.39 is 0 Å². The Hall–Kier alpha value is -2.63. The van der Waals surface area contributed by atoms with Gasteiger partial charge in [-0.15, -0.1) is 0 Å². The van der Waals surface area contributed by atoms with Gasteiger partial charge < -0.3 is 14.4 Å². The van der Waals surface area contributed by atoms with Crippen molar-refractivity contribution in [1.29, 1.82) is 0 Å². The molecule has 0 bridgehead atoms. The van der Waals surface area contributed by atoms with Crippen molar-refractivity contribution in [3.63, 3.8) is 0 Å². The number of aromatic nitrogens is 2. The predicted molar refractivity (Wildman–Crippen MR) is 93.7 cm³/mol. The topological polar surface area (TPSA) is 64.5 Å². The molecule has 1 aliphatic rings. The first-order valence-corrected chi connectivity index (χ1v) is 8.55. The monoisotopic (exact) mass is 341 g/mol. The van der Waals surface area contributed by atoms with Crippen molar-refractivity contribution in [1.82, 2.24) is 14.9 Å². The summed E-state index contributed by atoms with van der Waals surface area (Å²) in [5.41, 5.74) is 1.25. The maximum atomic E-state index is 12.3. The molecule has 1 atom stereocenters. The predicted octanol–water partition coefficient (Wildman–Crippen LogP) is 2.66. The van der Waals surface area contributed by atoms with Crippen LogP contribution in [0.1, 0.15) is 31.7 Å². The smallest absolute Gasteiger partial charge is 0.260 e. The largest absolute Gasteiger partial charge is 0.484 e. The average Bonchev–Trinajstić information content (AvgIpc) is 3.09. The highest BCUT2D eigenvalue weighted by atomic mass is 16.5. The summed E-state index contributed by atoms with van der Waals surface area (Å²) in [6.07, 6.45) is 3.84. The van der Waals surface area contributed by atoms with E-state index >= 15 is 0 Å². The summed E-state index contributed by atoms with van der Waals surface area (Å²) in [5, 5.41) is 0. The van der Waals surface area contributed by atoms with E-state index in [1.807, 2.05) is 24.3 Å². The van der Waals surface area contributed by atoms with E-state index in [1.165, 1.54) is 11.9 Å². The zero-order valence-corrected chi connectivity index (χ0v) is 14.6. The molecule has 6 heteroatoms. The molecule has 25 heavy (non-hydrogen) atoms. The van der Waals surface area contributed by atoms with Gasteiger partial charge >= 0.3 is 0 Å². The number of nitrogens with zero attached hydrogens (tertiary/aromatic N) is 3. The standard InChI is InChI=1S/C19H23N3O3/c1-14(2)15-3-5-16(6-4-15)24-12-19(23)22-10-8-17(11-22)25-18-7-9-20-13-21-18/h3-7,9,13-14,17H,8,10-12H2,1-2H3/t17-/m0/s1. The fourth-order valence-electron chi connectivity index (χ4n) is 2.76. The molecular weight excluding hydrogens is 318 g/mol. The Kier molecular flexibility index (Phi) is 5.48. The van der Waals surface area contributed by atoms with Gasteiger partial charge in [0.15, 0.2) is 6.61 Å². The van der Waals surface area contributed by atoms with E-state index in [4.69, 9.17) is 9.47 Å². The quantitative estimate of drug-likeness (QED) is 0.808. The lowest BCUT2D eigenvalue weighted by Crippen LogP contribution is -2.34. The van der Waals surface area contributed by atoms with Crippen LogP contribution < -0.4 is 9.47 Å². The van der Waals surface area contributed by atoms with Gasteiger partial charge in [0.25, 0.3) is 5.91 Å². The van der Waals surface area contributed by atoms with E-state index in [0.717, 1.165) is 6.42 Å². The van der Waals surface area contributed by atoms with Crippen molar-refractivity contribution in [3.8, 4) is 11.6 Å². The highest BCUT2D eigenvalue weighted by molar-refractivity contribution is 5.78. The molecule has 1 aliphatic heterocycles. The number of hydrogen-bond donors (Lipinski definition) is 0. The summed E-state index contributed by atoms with van der Waals surface area (Å²) in [7, 11) is 0. The van der Waals surface area contributed by atoms with Crippen LogP contribution in [0.4, 0.5) is 0 Å². The first kappa shape index (κ1) is 17.2. The summed E-state index contributed by atoms with van der Waals surface area (Å²) in [5.74, 6) is 1.70. The van der Waals surface area contributed by atoms with Gasteiger partial charge in [-0.1, -0.05) is 26.0 Å². The van der Waals surface area contributed by atoms with Gasteiger partial charge in [0.2, 0.25) is 5.88 Å². The van der Waals surface area contributed by atoms with Crippen LogP contribution in [0.3, 0.4) is 0 Å². The first-order valence-electron chi connectivity index (χ1n) is 8.55. The molecule has 0 aliphatic carbocycles. The van der Waals surface area contributed by atoms with Crippen LogP contribution in [-0.2, 0) is 4.79 Å². The van der Waals surface area contributed by atoms with Gasteiger partial charge in [0, 0.05) is 25.2 Å². The Balaban J connectivity index is 1.46. The van der Waals surface area contributed by atoms with E-state index in [-0.39, 0.29) is 18.6 Å². The van der Waals surface area contributed by atoms with Gasteiger partial charge in [-0.05, 0) is 23.6 Å². The lowest BCUT2D eigenvalue weighted by Gasteiger charge is -2.17. The van der Waals surface area contributed by atoms with Crippen LogP contribution >= 0.6 is 0 Å². The number of hydrogen-bond acceptors (Lipinski definition) is 5. The molecule has 2 heterocycles. The summed E-state index contributed by atoms with van der Waals surface area (Å²) in [6, 6.07) is 9.60. The maximum absolute atomic E-state index is 12.3. The molecule has 2 aromatic rings. The van der Waals surface area contributed by atoms with Gasteiger partial charge in [-0.2, -0.15) is 0 Å². The Morgan fingerprint density at radius 2 is 2.08 bits per heavy atom. The molecule has 0 spiro atoms. The second-order valence-corrected chi connectivity index (χ2v) is 6.43. The number of benzene rings is 1. The van der Waals surface area contributed by atoms with Gasteiger partial charge in [-0.25, -0.2) is 9.97 Å². The van der Waals surface area contributed by atoms with Crippen molar-refractivity contribution in [2.24, 2.45) is 0 Å². The van der Waals surface area contributed by atoms with E-state index in [1.54, 1.807) is 17.2 Å².